The van der Waals surface area contributed by atoms with Crippen LogP contribution in [0.2, 0.25) is 0 Å². The fourth-order valence-corrected chi connectivity index (χ4v) is 1.88. The van der Waals surface area contributed by atoms with Crippen LogP contribution in [0.15, 0.2) is 21.9 Å². The number of alkyl halides is 2. The lowest BCUT2D eigenvalue weighted by molar-refractivity contribution is -0.141. The quantitative estimate of drug-likeness (QED) is 0.745. The fourth-order valence-electron chi connectivity index (χ4n) is 1.88. The molecule has 1 saturated heterocycles. The molecule has 9 heteroatoms. The van der Waals surface area contributed by atoms with Gasteiger partial charge >= 0.3 is 11.6 Å². The number of ether oxygens (including phenoxy) is 2. The van der Waals surface area contributed by atoms with Crippen molar-refractivity contribution in [2.24, 2.45) is 0 Å². The molecule has 2 rings (SSSR count). The van der Waals surface area contributed by atoms with Crippen molar-refractivity contribution in [3.05, 3.63) is 33.1 Å². The molecule has 0 spiro atoms. The van der Waals surface area contributed by atoms with Crippen LogP contribution in [0.5, 0.6) is 0 Å². The van der Waals surface area contributed by atoms with Gasteiger partial charge in [0.05, 0.1) is 6.61 Å². The Balaban J connectivity index is 2.39. The summed E-state index contributed by atoms with van der Waals surface area (Å²) in [6.45, 7) is -0.245. The number of halogens is 2. The van der Waals surface area contributed by atoms with Crippen molar-refractivity contribution in [3.8, 4) is 0 Å². The van der Waals surface area contributed by atoms with E-state index in [0.29, 0.717) is 4.57 Å². The summed E-state index contributed by atoms with van der Waals surface area (Å²) in [5.74, 6) is -3.68. The van der Waals surface area contributed by atoms with Crippen LogP contribution in [0.4, 0.5) is 8.78 Å². The van der Waals surface area contributed by atoms with Gasteiger partial charge in [0.25, 0.3) is 5.56 Å². The first kappa shape index (κ1) is 13.8. The number of rotatable bonds is 3. The predicted octanol–water partition coefficient (Wildman–Crippen LogP) is -0.923. The molecule has 1 aliphatic rings. The van der Waals surface area contributed by atoms with E-state index in [1.54, 1.807) is 0 Å². The summed E-state index contributed by atoms with van der Waals surface area (Å²) in [7, 11) is 1.27. The maximum absolute atomic E-state index is 13.9. The highest BCUT2D eigenvalue weighted by molar-refractivity contribution is 4.97. The number of aliphatic hydroxyl groups excluding tert-OH is 1. The number of aliphatic hydroxyl groups is 1. The number of aromatic nitrogens is 2. The van der Waals surface area contributed by atoms with E-state index in [9.17, 15) is 23.5 Å². The summed E-state index contributed by atoms with van der Waals surface area (Å²) >= 11 is 0. The van der Waals surface area contributed by atoms with E-state index in [1.807, 2.05) is 4.98 Å². The summed E-state index contributed by atoms with van der Waals surface area (Å²) in [6, 6.07) is 0.914. The number of aromatic amines is 1. The molecule has 1 aromatic rings. The van der Waals surface area contributed by atoms with E-state index >= 15 is 0 Å². The van der Waals surface area contributed by atoms with Gasteiger partial charge in [0.2, 0.25) is 6.23 Å². The monoisotopic (exact) mass is 278 g/mol. The van der Waals surface area contributed by atoms with Crippen LogP contribution in [-0.2, 0) is 9.47 Å². The summed E-state index contributed by atoms with van der Waals surface area (Å²) in [6.07, 6.45) is -4.46. The first-order valence-electron chi connectivity index (χ1n) is 5.39. The Kier molecular flexibility index (Phi) is 3.52. The lowest BCUT2D eigenvalue weighted by Crippen LogP contribution is -2.42. The molecule has 19 heavy (non-hydrogen) atoms. The molecule has 0 amide bonds. The van der Waals surface area contributed by atoms with Crippen molar-refractivity contribution in [2.75, 3.05) is 13.7 Å². The second-order valence-corrected chi connectivity index (χ2v) is 4.12. The predicted molar refractivity (Wildman–Crippen MR) is 58.1 cm³/mol. The average molecular weight is 278 g/mol. The molecule has 0 saturated carbocycles. The maximum atomic E-state index is 13.9. The Bertz CT molecular complexity index is 570. The van der Waals surface area contributed by atoms with Crippen LogP contribution in [0.3, 0.4) is 0 Å². The molecule has 7 nitrogen and oxygen atoms in total. The van der Waals surface area contributed by atoms with Gasteiger partial charge in [0, 0.05) is 19.4 Å². The number of methoxy groups -OCH3 is 1. The molecular weight excluding hydrogens is 266 g/mol. The molecule has 106 valence electrons. The van der Waals surface area contributed by atoms with Gasteiger partial charge in [-0.3, -0.25) is 14.3 Å². The number of hydrogen-bond donors (Lipinski definition) is 2. The maximum Gasteiger partial charge on any atom is 0.330 e. The molecule has 2 N–H and O–H groups in total. The van der Waals surface area contributed by atoms with Crippen molar-refractivity contribution < 1.29 is 23.4 Å². The highest BCUT2D eigenvalue weighted by Crippen LogP contribution is 2.41. The molecule has 3 atom stereocenters. The van der Waals surface area contributed by atoms with Crippen molar-refractivity contribution >= 4 is 0 Å². The zero-order valence-corrected chi connectivity index (χ0v) is 9.88. The molecule has 2 heterocycles. The third kappa shape index (κ3) is 2.31. The van der Waals surface area contributed by atoms with Gasteiger partial charge in [-0.25, -0.2) is 4.79 Å². The van der Waals surface area contributed by atoms with E-state index in [2.05, 4.69) is 4.74 Å². The topological polar surface area (TPSA) is 93.5 Å². The molecule has 0 aromatic carbocycles. The molecule has 0 radical (unpaired) electrons. The number of H-pyrrole nitrogens is 1. The molecule has 1 aliphatic heterocycles. The summed E-state index contributed by atoms with van der Waals surface area (Å²) in [5, 5.41) is 9.48. The Labute approximate surface area is 105 Å². The van der Waals surface area contributed by atoms with Crippen LogP contribution >= 0.6 is 0 Å². The minimum Gasteiger partial charge on any atom is -0.384 e. The van der Waals surface area contributed by atoms with Crippen molar-refractivity contribution in [3.63, 3.8) is 0 Å². The smallest absolute Gasteiger partial charge is 0.330 e. The molecule has 0 unspecified atom stereocenters. The van der Waals surface area contributed by atoms with E-state index in [-0.39, 0.29) is 6.61 Å². The normalized spacial score (nSPS) is 29.6. The average Bonchev–Trinajstić information content (AvgIpc) is 2.54. The zero-order valence-electron chi connectivity index (χ0n) is 9.88. The minimum atomic E-state index is -3.68. The number of nitrogens with one attached hydrogen (secondary N) is 1. The summed E-state index contributed by atoms with van der Waals surface area (Å²) in [5.41, 5.74) is -1.75. The van der Waals surface area contributed by atoms with E-state index in [0.717, 1.165) is 12.3 Å². The van der Waals surface area contributed by atoms with Gasteiger partial charge in [-0.2, -0.15) is 8.78 Å². The standard InChI is InChI=1S/C10H12F2N2O5/c1-18-4-5-7(16)10(11,12)8(19-5)14-3-2-6(15)13-9(14)17/h2-3,5,7-8,16H,4H2,1H3,(H,13,15,17)/t5-,7-,8-/m1/s1. The van der Waals surface area contributed by atoms with Gasteiger partial charge in [-0.05, 0) is 0 Å². The van der Waals surface area contributed by atoms with E-state index in [1.165, 1.54) is 7.11 Å². The second kappa shape index (κ2) is 4.83. The number of nitrogens with zero attached hydrogens (tertiary/aromatic N) is 1. The Morgan fingerprint density at radius 2 is 2.26 bits per heavy atom. The van der Waals surface area contributed by atoms with Gasteiger partial charge in [-0.1, -0.05) is 0 Å². The van der Waals surface area contributed by atoms with Gasteiger partial charge in [0.1, 0.15) is 6.10 Å². The molecule has 0 aliphatic carbocycles. The van der Waals surface area contributed by atoms with Crippen LogP contribution in [0.25, 0.3) is 0 Å². The highest BCUT2D eigenvalue weighted by atomic mass is 19.3. The summed E-state index contributed by atoms with van der Waals surface area (Å²) in [4.78, 5) is 24.2. The van der Waals surface area contributed by atoms with Crippen LogP contribution in [0.1, 0.15) is 6.23 Å². The third-order valence-electron chi connectivity index (χ3n) is 2.81. The second-order valence-electron chi connectivity index (χ2n) is 4.12. The molecule has 1 aromatic heterocycles. The van der Waals surface area contributed by atoms with E-state index < -0.39 is 35.6 Å². The zero-order chi connectivity index (χ0) is 14.2. The molecule has 1 fully saturated rings. The minimum absolute atomic E-state index is 0.245. The first-order valence-corrected chi connectivity index (χ1v) is 5.39. The van der Waals surface area contributed by atoms with Crippen molar-refractivity contribution in [1.29, 1.82) is 0 Å². The van der Waals surface area contributed by atoms with Crippen LogP contribution in [0, 0.1) is 0 Å². The Morgan fingerprint density at radius 3 is 2.84 bits per heavy atom. The third-order valence-corrected chi connectivity index (χ3v) is 2.81. The fraction of sp³-hybridized carbons (Fsp3) is 0.600. The molecule has 0 bridgehead atoms. The summed E-state index contributed by atoms with van der Waals surface area (Å²) < 4.78 is 37.9. The molecular formula is C10H12F2N2O5. The number of hydrogen-bond acceptors (Lipinski definition) is 5. The lowest BCUT2D eigenvalue weighted by Gasteiger charge is -2.20. The SMILES string of the molecule is COC[C@H]1O[C@@H](n2ccc(=O)[nH]c2=O)C(F)(F)[C@@H]1O. The van der Waals surface area contributed by atoms with Gasteiger partial charge in [0.15, 0.2) is 6.10 Å². The van der Waals surface area contributed by atoms with E-state index in [4.69, 9.17) is 4.74 Å². The van der Waals surface area contributed by atoms with Crippen molar-refractivity contribution in [1.82, 2.24) is 9.55 Å². The lowest BCUT2D eigenvalue weighted by atomic mass is 10.1. The highest BCUT2D eigenvalue weighted by Gasteiger charge is 2.59. The Morgan fingerprint density at radius 1 is 1.58 bits per heavy atom. The van der Waals surface area contributed by atoms with Gasteiger partial charge < -0.3 is 14.6 Å². The van der Waals surface area contributed by atoms with Crippen LogP contribution in [-0.4, -0.2) is 46.5 Å². The van der Waals surface area contributed by atoms with Crippen LogP contribution < -0.4 is 11.2 Å². The van der Waals surface area contributed by atoms with Gasteiger partial charge in [-0.15, -0.1) is 0 Å². The Hall–Kier alpha value is -1.58. The largest absolute Gasteiger partial charge is 0.384 e. The van der Waals surface area contributed by atoms with Crippen molar-refractivity contribution in [2.45, 2.75) is 24.4 Å². The first-order chi connectivity index (χ1) is 8.87.